The van der Waals surface area contributed by atoms with Crippen molar-refractivity contribution < 1.29 is 9.90 Å². The lowest BCUT2D eigenvalue weighted by molar-refractivity contribution is 0.0702. The van der Waals surface area contributed by atoms with Gasteiger partial charge < -0.3 is 10.0 Å². The first-order chi connectivity index (χ1) is 6.48. The van der Waals surface area contributed by atoms with Crippen LogP contribution in [0.25, 0.3) is 0 Å². The monoisotopic (exact) mass is 211 g/mol. The van der Waals surface area contributed by atoms with Gasteiger partial charge in [0.15, 0.2) is 0 Å². The summed E-state index contributed by atoms with van der Waals surface area (Å²) in [6.45, 7) is 6.48. The number of thiophene rings is 1. The maximum Gasteiger partial charge on any atom is 0.345 e. The predicted molar refractivity (Wildman–Crippen MR) is 57.3 cm³/mol. The van der Waals surface area contributed by atoms with Crippen molar-refractivity contribution in [3.05, 3.63) is 17.0 Å². The van der Waals surface area contributed by atoms with Gasteiger partial charge in [-0.1, -0.05) is 13.8 Å². The van der Waals surface area contributed by atoms with Crippen LogP contribution in [-0.4, -0.2) is 24.2 Å². The second-order valence-electron chi connectivity index (χ2n) is 4.46. The molecule has 0 radical (unpaired) electrons. The van der Waals surface area contributed by atoms with Crippen LogP contribution < -0.4 is 4.90 Å². The first-order valence-corrected chi connectivity index (χ1v) is 5.38. The molecule has 1 aliphatic rings. The summed E-state index contributed by atoms with van der Waals surface area (Å²) in [5, 5.41) is 9.84. The highest BCUT2D eigenvalue weighted by Gasteiger charge is 2.34. The number of anilines is 1. The van der Waals surface area contributed by atoms with Crippen molar-refractivity contribution in [1.82, 2.24) is 0 Å². The smallest absolute Gasteiger partial charge is 0.345 e. The summed E-state index contributed by atoms with van der Waals surface area (Å²) >= 11 is 1.35. The van der Waals surface area contributed by atoms with Crippen LogP contribution in [0, 0.1) is 5.41 Å². The van der Waals surface area contributed by atoms with Crippen molar-refractivity contribution in [2.24, 2.45) is 5.41 Å². The van der Waals surface area contributed by atoms with E-state index in [1.54, 1.807) is 6.07 Å². The number of nitrogens with zero attached hydrogens (tertiary/aromatic N) is 1. The fourth-order valence-electron chi connectivity index (χ4n) is 1.76. The number of hydrogen-bond acceptors (Lipinski definition) is 3. The molecule has 0 saturated carbocycles. The molecule has 1 N–H and O–H groups in total. The molecule has 0 aromatic carbocycles. The molecule has 0 unspecified atom stereocenters. The van der Waals surface area contributed by atoms with E-state index in [2.05, 4.69) is 18.7 Å². The Kier molecular flexibility index (Phi) is 2.03. The Morgan fingerprint density at radius 1 is 1.50 bits per heavy atom. The van der Waals surface area contributed by atoms with E-state index in [0.717, 1.165) is 18.1 Å². The highest BCUT2D eigenvalue weighted by Crippen LogP contribution is 2.37. The van der Waals surface area contributed by atoms with Gasteiger partial charge in [-0.3, -0.25) is 0 Å². The molecule has 1 aliphatic heterocycles. The van der Waals surface area contributed by atoms with Gasteiger partial charge >= 0.3 is 5.97 Å². The number of carboxylic acids is 1. The third-order valence-corrected chi connectivity index (χ3v) is 3.49. The van der Waals surface area contributed by atoms with E-state index < -0.39 is 5.97 Å². The van der Waals surface area contributed by atoms with Crippen LogP contribution in [-0.2, 0) is 0 Å². The second kappa shape index (κ2) is 2.98. The Balaban J connectivity index is 2.08. The summed E-state index contributed by atoms with van der Waals surface area (Å²) in [4.78, 5) is 13.3. The van der Waals surface area contributed by atoms with E-state index in [1.165, 1.54) is 11.3 Å². The minimum absolute atomic E-state index is 0.382. The molecular formula is C10H13NO2S. The molecule has 1 aromatic heterocycles. The number of aromatic carboxylic acids is 1. The van der Waals surface area contributed by atoms with Crippen LogP contribution in [0.15, 0.2) is 12.1 Å². The number of carbonyl (C=O) groups is 1. The van der Waals surface area contributed by atoms with Gasteiger partial charge in [0.1, 0.15) is 4.88 Å². The zero-order valence-corrected chi connectivity index (χ0v) is 9.10. The minimum atomic E-state index is -0.832. The average Bonchev–Trinajstić information content (AvgIpc) is 2.47. The summed E-state index contributed by atoms with van der Waals surface area (Å²) in [6, 6.07) is 3.57. The summed E-state index contributed by atoms with van der Waals surface area (Å²) in [5.41, 5.74) is 0.382. The van der Waals surface area contributed by atoms with Crippen LogP contribution in [0.5, 0.6) is 0 Å². The van der Waals surface area contributed by atoms with Crippen molar-refractivity contribution >= 4 is 22.3 Å². The van der Waals surface area contributed by atoms with Gasteiger partial charge in [-0.2, -0.15) is 0 Å². The van der Waals surface area contributed by atoms with Crippen LogP contribution in [0.3, 0.4) is 0 Å². The van der Waals surface area contributed by atoms with Crippen LogP contribution in [0.2, 0.25) is 0 Å². The van der Waals surface area contributed by atoms with Crippen molar-refractivity contribution in [2.45, 2.75) is 13.8 Å². The van der Waals surface area contributed by atoms with Crippen LogP contribution >= 0.6 is 11.3 Å². The Bertz CT molecular complexity index is 362. The molecule has 2 rings (SSSR count). The SMILES string of the molecule is CC1(C)CN(c2ccc(C(=O)O)s2)C1. The molecule has 3 nitrogen and oxygen atoms in total. The van der Waals surface area contributed by atoms with Crippen LogP contribution in [0.4, 0.5) is 5.00 Å². The van der Waals surface area contributed by atoms with E-state index in [4.69, 9.17) is 5.11 Å². The lowest BCUT2D eigenvalue weighted by atomic mass is 9.85. The van der Waals surface area contributed by atoms with Crippen molar-refractivity contribution in [3.8, 4) is 0 Å². The quantitative estimate of drug-likeness (QED) is 0.816. The molecular weight excluding hydrogens is 198 g/mol. The maximum atomic E-state index is 10.7. The largest absolute Gasteiger partial charge is 0.477 e. The fraction of sp³-hybridized carbons (Fsp3) is 0.500. The summed E-state index contributed by atoms with van der Waals surface area (Å²) in [7, 11) is 0. The van der Waals surface area contributed by atoms with Gasteiger partial charge in [-0.15, -0.1) is 11.3 Å². The normalized spacial score (nSPS) is 19.1. The van der Waals surface area contributed by atoms with E-state index >= 15 is 0 Å². The molecule has 0 spiro atoms. The highest BCUT2D eigenvalue weighted by atomic mass is 32.1. The molecule has 0 bridgehead atoms. The second-order valence-corrected chi connectivity index (χ2v) is 5.53. The first-order valence-electron chi connectivity index (χ1n) is 4.56. The van der Waals surface area contributed by atoms with Gasteiger partial charge in [0, 0.05) is 13.1 Å². The van der Waals surface area contributed by atoms with Crippen molar-refractivity contribution in [3.63, 3.8) is 0 Å². The van der Waals surface area contributed by atoms with Crippen molar-refractivity contribution in [1.29, 1.82) is 0 Å². The number of hydrogen-bond donors (Lipinski definition) is 1. The molecule has 76 valence electrons. The summed E-state index contributed by atoms with van der Waals surface area (Å²) < 4.78 is 0. The molecule has 4 heteroatoms. The molecule has 2 heterocycles. The molecule has 0 amide bonds. The highest BCUT2D eigenvalue weighted by molar-refractivity contribution is 7.17. The fourth-order valence-corrected chi connectivity index (χ4v) is 2.60. The molecule has 0 aliphatic carbocycles. The Morgan fingerprint density at radius 2 is 2.14 bits per heavy atom. The van der Waals surface area contributed by atoms with Gasteiger partial charge in [0.25, 0.3) is 0 Å². The maximum absolute atomic E-state index is 10.7. The lowest BCUT2D eigenvalue weighted by Gasteiger charge is -2.46. The molecule has 1 aromatic rings. The van der Waals surface area contributed by atoms with Crippen LogP contribution in [0.1, 0.15) is 23.5 Å². The molecule has 1 fully saturated rings. The Labute approximate surface area is 87.0 Å². The van der Waals surface area contributed by atoms with Gasteiger partial charge in [-0.05, 0) is 17.5 Å². The zero-order valence-electron chi connectivity index (χ0n) is 8.28. The van der Waals surface area contributed by atoms with Crippen molar-refractivity contribution in [2.75, 3.05) is 18.0 Å². The molecule has 0 atom stereocenters. The molecule has 14 heavy (non-hydrogen) atoms. The van der Waals surface area contributed by atoms with E-state index in [0.29, 0.717) is 10.3 Å². The third-order valence-electron chi connectivity index (χ3n) is 2.35. The third kappa shape index (κ3) is 1.62. The Hall–Kier alpha value is -1.03. The first kappa shape index (κ1) is 9.52. The van der Waals surface area contributed by atoms with E-state index in [9.17, 15) is 4.79 Å². The van der Waals surface area contributed by atoms with Gasteiger partial charge in [0.05, 0.1) is 5.00 Å². The predicted octanol–water partition coefficient (Wildman–Crippen LogP) is 2.29. The van der Waals surface area contributed by atoms with E-state index in [1.807, 2.05) is 6.07 Å². The average molecular weight is 211 g/mol. The number of rotatable bonds is 2. The minimum Gasteiger partial charge on any atom is -0.477 e. The van der Waals surface area contributed by atoms with E-state index in [-0.39, 0.29) is 0 Å². The van der Waals surface area contributed by atoms with Gasteiger partial charge in [0.2, 0.25) is 0 Å². The molecule has 1 saturated heterocycles. The topological polar surface area (TPSA) is 40.5 Å². The lowest BCUT2D eigenvalue weighted by Crippen LogP contribution is -2.52. The Morgan fingerprint density at radius 3 is 2.57 bits per heavy atom. The van der Waals surface area contributed by atoms with Gasteiger partial charge in [-0.25, -0.2) is 4.79 Å². The number of carboxylic acid groups (broad SMARTS) is 1. The summed E-state index contributed by atoms with van der Waals surface area (Å²) in [5.74, 6) is -0.832. The standard InChI is InChI=1S/C10H13NO2S/c1-10(2)5-11(6-10)8-4-3-7(14-8)9(12)13/h3-4H,5-6H2,1-2H3,(H,12,13). The zero-order chi connectivity index (χ0) is 10.3. The summed E-state index contributed by atoms with van der Waals surface area (Å²) in [6.07, 6.45) is 0.